The van der Waals surface area contributed by atoms with Crippen LogP contribution in [0.1, 0.15) is 45.7 Å². The summed E-state index contributed by atoms with van der Waals surface area (Å²) in [6, 6.07) is 9.87. The maximum absolute atomic E-state index is 12.6. The molecular weight excluding hydrogens is 450 g/mol. The second-order valence-corrected chi connectivity index (χ2v) is 12.0. The van der Waals surface area contributed by atoms with Crippen molar-refractivity contribution >= 4 is 33.0 Å². The smallest absolute Gasteiger partial charge is 0.229 e. The van der Waals surface area contributed by atoms with Gasteiger partial charge in [0.05, 0.1) is 16.8 Å². The van der Waals surface area contributed by atoms with Crippen LogP contribution in [0.15, 0.2) is 48.7 Å². The zero-order valence-electron chi connectivity index (χ0n) is 19.0. The predicted octanol–water partition coefficient (Wildman–Crippen LogP) is 6.05. The van der Waals surface area contributed by atoms with Crippen molar-refractivity contribution in [2.75, 3.05) is 5.32 Å². The third-order valence-electron chi connectivity index (χ3n) is 4.64. The first-order valence-corrected chi connectivity index (χ1v) is 12.3. The van der Waals surface area contributed by atoms with Crippen molar-refractivity contribution < 1.29 is 23.1 Å². The fourth-order valence-corrected chi connectivity index (χ4v) is 3.96. The Hall–Kier alpha value is -2.51. The summed E-state index contributed by atoms with van der Waals surface area (Å²) >= 11 is 6.18. The lowest BCUT2D eigenvalue weighted by Crippen LogP contribution is -2.27. The molecule has 8 heteroatoms. The number of carbonyl (C=O) groups excluding carboxylic acids is 1. The number of benzene rings is 2. The zero-order chi connectivity index (χ0) is 24.3. The number of aliphatic hydroxyl groups is 1. The minimum atomic E-state index is -3.44. The lowest BCUT2D eigenvalue weighted by atomic mass is 9.95. The summed E-state index contributed by atoms with van der Waals surface area (Å²) in [4.78, 5) is 12.4. The summed E-state index contributed by atoms with van der Waals surface area (Å²) in [5.41, 5.74) is 0.992. The van der Waals surface area contributed by atoms with Gasteiger partial charge in [-0.25, -0.2) is 8.42 Å². The second kappa shape index (κ2) is 9.96. The van der Waals surface area contributed by atoms with Gasteiger partial charge in [-0.3, -0.25) is 4.79 Å². The maximum Gasteiger partial charge on any atom is 0.229 e. The molecule has 0 heterocycles. The minimum Gasteiger partial charge on any atom is -0.513 e. The van der Waals surface area contributed by atoms with E-state index in [9.17, 15) is 18.3 Å². The summed E-state index contributed by atoms with van der Waals surface area (Å²) in [5, 5.41) is 12.1. The molecule has 2 N–H and O–H groups in total. The van der Waals surface area contributed by atoms with Gasteiger partial charge in [0.25, 0.3) is 0 Å². The number of anilines is 1. The minimum absolute atomic E-state index is 0.0131. The van der Waals surface area contributed by atoms with Gasteiger partial charge in [0.15, 0.2) is 9.84 Å². The van der Waals surface area contributed by atoms with Gasteiger partial charge in [-0.1, -0.05) is 39.0 Å². The third-order valence-corrected chi connectivity index (χ3v) is 7.01. The van der Waals surface area contributed by atoms with Gasteiger partial charge >= 0.3 is 0 Å². The van der Waals surface area contributed by atoms with E-state index in [1.165, 1.54) is 0 Å². The van der Waals surface area contributed by atoms with Crippen molar-refractivity contribution in [1.29, 1.82) is 0 Å². The Morgan fingerprint density at radius 3 is 2.41 bits per heavy atom. The van der Waals surface area contributed by atoms with Gasteiger partial charge in [-0.15, -0.1) is 0 Å². The number of carbonyl (C=O) groups is 1. The van der Waals surface area contributed by atoms with E-state index in [0.29, 0.717) is 33.3 Å². The Balaban J connectivity index is 2.46. The van der Waals surface area contributed by atoms with Crippen molar-refractivity contribution in [2.45, 2.75) is 52.0 Å². The molecule has 32 heavy (non-hydrogen) atoms. The normalized spacial score (nSPS) is 12.0. The average Bonchev–Trinajstić information content (AvgIpc) is 2.61. The number of allylic oxidation sites excluding steroid dienone is 1. The topological polar surface area (TPSA) is 92.7 Å². The van der Waals surface area contributed by atoms with Crippen LogP contribution >= 0.6 is 11.6 Å². The highest BCUT2D eigenvalue weighted by Crippen LogP contribution is 2.33. The summed E-state index contributed by atoms with van der Waals surface area (Å²) in [7, 11) is -3.44. The molecule has 0 unspecified atom stereocenters. The van der Waals surface area contributed by atoms with Gasteiger partial charge < -0.3 is 15.2 Å². The highest BCUT2D eigenvalue weighted by Gasteiger charge is 2.23. The van der Waals surface area contributed by atoms with Crippen molar-refractivity contribution in [3.8, 4) is 11.5 Å². The molecule has 0 aliphatic carbocycles. The molecule has 2 aromatic carbocycles. The molecular formula is C24H30ClNO5S. The molecule has 1 amide bonds. The van der Waals surface area contributed by atoms with Crippen molar-refractivity contribution in [1.82, 2.24) is 0 Å². The molecule has 0 spiro atoms. The van der Waals surface area contributed by atoms with E-state index in [1.54, 1.807) is 71.0 Å². The Morgan fingerprint density at radius 1 is 1.19 bits per heavy atom. The summed E-state index contributed by atoms with van der Waals surface area (Å²) in [6.45, 7) is 12.1. The summed E-state index contributed by atoms with van der Waals surface area (Å²) in [6.07, 6.45) is 0.212. The highest BCUT2D eigenvalue weighted by atomic mass is 35.5. The van der Waals surface area contributed by atoms with Gasteiger partial charge in [-0.05, 0) is 55.8 Å². The van der Waals surface area contributed by atoms with Crippen molar-refractivity contribution in [2.24, 2.45) is 5.41 Å². The van der Waals surface area contributed by atoms with E-state index in [2.05, 4.69) is 11.9 Å². The Kier molecular flexibility index (Phi) is 8.02. The molecule has 0 aromatic heterocycles. The molecule has 0 aliphatic rings. The number of halogens is 1. The SMILES string of the molecule is C=C(O)Cc1cc(Cl)cc(Oc2ccc(NC(=O)C(C)(C)C)cc2CS(=O)(=O)C(C)C)c1. The van der Waals surface area contributed by atoms with Crippen molar-refractivity contribution in [3.63, 3.8) is 0 Å². The van der Waals surface area contributed by atoms with Gasteiger partial charge in [0, 0.05) is 28.1 Å². The Bertz CT molecular complexity index is 1120. The number of amides is 1. The molecule has 2 rings (SSSR count). The van der Waals surface area contributed by atoms with Crippen LogP contribution in [0.5, 0.6) is 11.5 Å². The molecule has 0 saturated carbocycles. The number of hydrogen-bond donors (Lipinski definition) is 2. The number of ether oxygens (including phenoxy) is 1. The van der Waals surface area contributed by atoms with E-state index in [0.717, 1.165) is 0 Å². The van der Waals surface area contributed by atoms with Crippen LogP contribution in [-0.4, -0.2) is 24.7 Å². The molecule has 0 bridgehead atoms. The largest absolute Gasteiger partial charge is 0.513 e. The van der Waals surface area contributed by atoms with Crippen LogP contribution in [0, 0.1) is 5.41 Å². The molecule has 2 aromatic rings. The van der Waals surface area contributed by atoms with Crippen LogP contribution in [0.25, 0.3) is 0 Å². The van der Waals surface area contributed by atoms with Gasteiger partial charge in [0.1, 0.15) is 11.5 Å². The van der Waals surface area contributed by atoms with E-state index in [-0.39, 0.29) is 23.8 Å². The zero-order valence-corrected chi connectivity index (χ0v) is 20.6. The summed E-state index contributed by atoms with van der Waals surface area (Å²) in [5.74, 6) is 0.274. The van der Waals surface area contributed by atoms with E-state index < -0.39 is 20.5 Å². The number of hydrogen-bond acceptors (Lipinski definition) is 5. The first kappa shape index (κ1) is 25.7. The molecule has 0 saturated heterocycles. The predicted molar refractivity (Wildman–Crippen MR) is 129 cm³/mol. The number of aliphatic hydroxyl groups excluding tert-OH is 1. The lowest BCUT2D eigenvalue weighted by Gasteiger charge is -2.19. The van der Waals surface area contributed by atoms with Crippen molar-refractivity contribution in [3.05, 3.63) is 64.9 Å². The van der Waals surface area contributed by atoms with Crippen LogP contribution in [0.4, 0.5) is 5.69 Å². The fourth-order valence-electron chi connectivity index (χ4n) is 2.72. The number of sulfone groups is 1. The van der Waals surface area contributed by atoms with E-state index >= 15 is 0 Å². The standard InChI is InChI=1S/C24H30ClNO5S/c1-15(2)32(29,30)14-18-12-20(26-23(28)24(4,5)6)7-8-22(18)31-21-11-17(9-16(3)27)10-19(25)13-21/h7-8,10-13,15,27H,3,9,14H2,1-2,4-6H3,(H,26,28). The van der Waals surface area contributed by atoms with Gasteiger partial charge in [0.2, 0.25) is 5.91 Å². The monoisotopic (exact) mass is 479 g/mol. The quantitative estimate of drug-likeness (QED) is 0.449. The molecule has 0 fully saturated rings. The van der Waals surface area contributed by atoms with E-state index in [1.807, 2.05) is 0 Å². The molecule has 0 aliphatic heterocycles. The molecule has 0 atom stereocenters. The van der Waals surface area contributed by atoms with E-state index in [4.69, 9.17) is 16.3 Å². The maximum atomic E-state index is 12.6. The van der Waals surface area contributed by atoms with Crippen LogP contribution < -0.4 is 10.1 Å². The average molecular weight is 480 g/mol. The molecule has 174 valence electrons. The molecule has 0 radical (unpaired) electrons. The first-order valence-electron chi connectivity index (χ1n) is 10.2. The summed E-state index contributed by atoms with van der Waals surface area (Å²) < 4.78 is 31.2. The third kappa shape index (κ3) is 7.28. The van der Waals surface area contributed by atoms with Crippen LogP contribution in [0.3, 0.4) is 0 Å². The first-order chi connectivity index (χ1) is 14.7. The van der Waals surface area contributed by atoms with Gasteiger partial charge in [-0.2, -0.15) is 0 Å². The fraction of sp³-hybridized carbons (Fsp3) is 0.375. The number of nitrogens with one attached hydrogen (secondary N) is 1. The highest BCUT2D eigenvalue weighted by molar-refractivity contribution is 7.91. The van der Waals surface area contributed by atoms with Crippen LogP contribution in [0.2, 0.25) is 5.02 Å². The number of rotatable bonds is 8. The Morgan fingerprint density at radius 2 is 1.84 bits per heavy atom. The lowest BCUT2D eigenvalue weighted by molar-refractivity contribution is -0.123. The van der Waals surface area contributed by atoms with Crippen LogP contribution in [-0.2, 0) is 26.8 Å². The second-order valence-electron chi connectivity index (χ2n) is 9.02. The Labute approximate surface area is 195 Å². The molecule has 6 nitrogen and oxygen atoms in total.